The predicted molar refractivity (Wildman–Crippen MR) is 114 cm³/mol. The number of methoxy groups -OCH3 is 2. The minimum atomic E-state index is -0.472. The Labute approximate surface area is 179 Å². The van der Waals surface area contributed by atoms with Crippen molar-refractivity contribution in [2.75, 3.05) is 24.9 Å². The van der Waals surface area contributed by atoms with Gasteiger partial charge in [-0.05, 0) is 40.3 Å². The molecule has 31 heavy (non-hydrogen) atoms. The highest BCUT2D eigenvalue weighted by atomic mass is 16.6. The number of fused-ring (bicyclic) bond motifs is 1. The third-order valence-electron chi connectivity index (χ3n) is 5.86. The van der Waals surface area contributed by atoms with Gasteiger partial charge < -0.3 is 20.1 Å². The molecule has 1 aromatic heterocycles. The van der Waals surface area contributed by atoms with Gasteiger partial charge in [-0.25, -0.2) is 4.63 Å². The van der Waals surface area contributed by atoms with Crippen molar-refractivity contribution in [2.24, 2.45) is 0 Å². The number of benzene rings is 2. The Morgan fingerprint density at radius 1 is 1.00 bits per heavy atom. The number of hydrogen-bond acceptors (Lipinski definition) is 8. The third kappa shape index (κ3) is 3.39. The van der Waals surface area contributed by atoms with E-state index in [4.69, 9.17) is 14.1 Å². The van der Waals surface area contributed by atoms with Crippen LogP contribution in [-0.2, 0) is 4.79 Å². The van der Waals surface area contributed by atoms with E-state index >= 15 is 0 Å². The van der Waals surface area contributed by atoms with Gasteiger partial charge in [0.05, 0.1) is 20.3 Å². The van der Waals surface area contributed by atoms with Crippen molar-refractivity contribution < 1.29 is 18.9 Å². The summed E-state index contributed by atoms with van der Waals surface area (Å²) in [7, 11) is 3.20. The van der Waals surface area contributed by atoms with Crippen LogP contribution in [0.3, 0.4) is 0 Å². The van der Waals surface area contributed by atoms with Gasteiger partial charge in [-0.15, -0.1) is 0 Å². The van der Waals surface area contributed by atoms with Crippen LogP contribution in [0.4, 0.5) is 11.6 Å². The van der Waals surface area contributed by atoms with Crippen molar-refractivity contribution in [1.82, 2.24) is 10.3 Å². The smallest absolute Gasteiger partial charge is 0.219 e. The van der Waals surface area contributed by atoms with Gasteiger partial charge in [0.15, 0.2) is 5.78 Å². The van der Waals surface area contributed by atoms with Gasteiger partial charge in [0.25, 0.3) is 0 Å². The molecule has 0 amide bonds. The zero-order chi connectivity index (χ0) is 21.4. The van der Waals surface area contributed by atoms with E-state index in [-0.39, 0.29) is 11.7 Å². The molecule has 0 fully saturated rings. The average molecular weight is 418 g/mol. The lowest BCUT2D eigenvalue weighted by Gasteiger charge is -2.30. The van der Waals surface area contributed by atoms with E-state index in [2.05, 4.69) is 33.1 Å². The standard InChI is InChI=1S/C23H22N4O4/c1-29-15-8-9-16(19(12-15)30-2)21-20-17(24-22-23(25-21)27-31-26-22)10-14(11-18(20)28)13-6-4-3-5-7-13/h3-9,12,14,21H,10-11H2,1-2H3,(H,24,26)(H,25,27)/t14-,21+/m1/s1. The molecule has 2 heterocycles. The second-order valence-electron chi connectivity index (χ2n) is 7.60. The highest BCUT2D eigenvalue weighted by molar-refractivity contribution is 6.01. The summed E-state index contributed by atoms with van der Waals surface area (Å²) in [5, 5.41) is 14.6. The Bertz CT molecular complexity index is 1160. The van der Waals surface area contributed by atoms with Gasteiger partial charge >= 0.3 is 0 Å². The SMILES string of the molecule is COc1ccc([C@@H]2Nc3nonc3NC3=C2C(=O)C[C@H](c2ccccc2)C3)c(OC)c1. The zero-order valence-corrected chi connectivity index (χ0v) is 17.2. The summed E-state index contributed by atoms with van der Waals surface area (Å²) in [6, 6.07) is 15.2. The second-order valence-corrected chi connectivity index (χ2v) is 7.60. The number of Topliss-reactive ketones (excluding diaryl/α,β-unsaturated/α-hetero) is 1. The van der Waals surface area contributed by atoms with Crippen LogP contribution in [0.2, 0.25) is 0 Å². The summed E-state index contributed by atoms with van der Waals surface area (Å²) in [6.07, 6.45) is 1.10. The van der Waals surface area contributed by atoms with Crippen molar-refractivity contribution in [3.05, 3.63) is 70.9 Å². The molecular weight excluding hydrogens is 396 g/mol. The maximum absolute atomic E-state index is 13.5. The average Bonchev–Trinajstić information content (AvgIpc) is 3.17. The molecule has 8 heteroatoms. The molecule has 2 aromatic carbocycles. The molecule has 0 bridgehead atoms. The van der Waals surface area contributed by atoms with Crippen LogP contribution >= 0.6 is 0 Å². The first-order valence-electron chi connectivity index (χ1n) is 10.1. The van der Waals surface area contributed by atoms with E-state index in [0.717, 1.165) is 16.8 Å². The Balaban J connectivity index is 1.62. The number of carbonyl (C=O) groups excluding carboxylic acids is 1. The number of rotatable bonds is 4. The maximum Gasteiger partial charge on any atom is 0.219 e. The number of nitrogens with one attached hydrogen (secondary N) is 2. The van der Waals surface area contributed by atoms with Crippen LogP contribution in [0.15, 0.2) is 64.4 Å². The number of anilines is 2. The molecule has 0 saturated carbocycles. The molecule has 2 N–H and O–H groups in total. The molecule has 1 aliphatic carbocycles. The number of hydrogen-bond donors (Lipinski definition) is 2. The molecule has 0 saturated heterocycles. The predicted octanol–water partition coefficient (Wildman–Crippen LogP) is 4.07. The summed E-state index contributed by atoms with van der Waals surface area (Å²) in [5.41, 5.74) is 3.42. The lowest BCUT2D eigenvalue weighted by Crippen LogP contribution is -2.27. The quantitative estimate of drug-likeness (QED) is 0.654. The van der Waals surface area contributed by atoms with Crippen molar-refractivity contribution >= 4 is 17.4 Å². The first-order valence-corrected chi connectivity index (χ1v) is 10.1. The van der Waals surface area contributed by atoms with Crippen molar-refractivity contribution in [1.29, 1.82) is 0 Å². The molecule has 0 unspecified atom stereocenters. The van der Waals surface area contributed by atoms with Gasteiger partial charge in [0.2, 0.25) is 11.6 Å². The number of carbonyl (C=O) groups is 1. The topological polar surface area (TPSA) is 98.5 Å². The van der Waals surface area contributed by atoms with Gasteiger partial charge in [-0.2, -0.15) is 0 Å². The van der Waals surface area contributed by atoms with Crippen molar-refractivity contribution in [3.8, 4) is 11.5 Å². The summed E-state index contributed by atoms with van der Waals surface area (Å²) in [4.78, 5) is 13.5. The monoisotopic (exact) mass is 418 g/mol. The summed E-state index contributed by atoms with van der Waals surface area (Å²) in [6.45, 7) is 0. The van der Waals surface area contributed by atoms with Gasteiger partial charge in [-0.3, -0.25) is 4.79 Å². The van der Waals surface area contributed by atoms with Gasteiger partial charge in [0, 0.05) is 29.3 Å². The van der Waals surface area contributed by atoms with Crippen LogP contribution in [0.1, 0.15) is 35.9 Å². The number of aromatic nitrogens is 2. The van der Waals surface area contributed by atoms with E-state index in [1.54, 1.807) is 20.3 Å². The summed E-state index contributed by atoms with van der Waals surface area (Å²) >= 11 is 0. The van der Waals surface area contributed by atoms with Crippen molar-refractivity contribution in [3.63, 3.8) is 0 Å². The molecule has 1 aliphatic heterocycles. The summed E-state index contributed by atoms with van der Waals surface area (Å²) in [5.74, 6) is 2.34. The molecule has 0 spiro atoms. The molecular formula is C23H22N4O4. The molecule has 2 aliphatic rings. The number of ketones is 1. The fourth-order valence-corrected chi connectivity index (χ4v) is 4.35. The van der Waals surface area contributed by atoms with E-state index < -0.39 is 6.04 Å². The van der Waals surface area contributed by atoms with Crippen LogP contribution in [0, 0.1) is 0 Å². The minimum Gasteiger partial charge on any atom is -0.497 e. The van der Waals surface area contributed by atoms with Crippen molar-refractivity contribution in [2.45, 2.75) is 24.8 Å². The van der Waals surface area contributed by atoms with E-state index in [0.29, 0.717) is 41.5 Å². The van der Waals surface area contributed by atoms with Crippen LogP contribution in [0.25, 0.3) is 0 Å². The molecule has 2 atom stereocenters. The number of nitrogens with zero attached hydrogens (tertiary/aromatic N) is 2. The fraction of sp³-hybridized carbons (Fsp3) is 0.261. The first-order chi connectivity index (χ1) is 15.2. The Morgan fingerprint density at radius 3 is 2.58 bits per heavy atom. The molecule has 5 rings (SSSR count). The largest absolute Gasteiger partial charge is 0.497 e. The van der Waals surface area contributed by atoms with Crippen LogP contribution in [0.5, 0.6) is 11.5 Å². The Morgan fingerprint density at radius 2 is 1.81 bits per heavy atom. The Kier molecular flexibility index (Phi) is 4.82. The maximum atomic E-state index is 13.5. The minimum absolute atomic E-state index is 0.0695. The number of ether oxygens (including phenoxy) is 2. The molecule has 158 valence electrons. The van der Waals surface area contributed by atoms with E-state index in [9.17, 15) is 4.79 Å². The fourth-order valence-electron chi connectivity index (χ4n) is 4.35. The third-order valence-corrected chi connectivity index (χ3v) is 5.86. The first kappa shape index (κ1) is 19.2. The summed E-state index contributed by atoms with van der Waals surface area (Å²) < 4.78 is 15.9. The zero-order valence-electron chi connectivity index (χ0n) is 17.2. The van der Waals surface area contributed by atoms with E-state index in [1.165, 1.54) is 0 Å². The molecule has 0 radical (unpaired) electrons. The Hall–Kier alpha value is -3.81. The lowest BCUT2D eigenvalue weighted by molar-refractivity contribution is -0.116. The van der Waals surface area contributed by atoms with Crippen LogP contribution in [-0.4, -0.2) is 30.3 Å². The van der Waals surface area contributed by atoms with Gasteiger partial charge in [-0.1, -0.05) is 30.3 Å². The highest BCUT2D eigenvalue weighted by Crippen LogP contribution is 2.45. The van der Waals surface area contributed by atoms with Gasteiger partial charge in [0.1, 0.15) is 11.5 Å². The normalized spacial score (nSPS) is 20.1. The highest BCUT2D eigenvalue weighted by Gasteiger charge is 2.38. The van der Waals surface area contributed by atoms with Crippen LogP contribution < -0.4 is 20.1 Å². The van der Waals surface area contributed by atoms with E-state index in [1.807, 2.05) is 30.3 Å². The lowest BCUT2D eigenvalue weighted by atomic mass is 9.78. The molecule has 3 aromatic rings. The number of allylic oxidation sites excluding steroid dienone is 1. The molecule has 8 nitrogen and oxygen atoms in total. The second kappa shape index (κ2) is 7.79.